The first kappa shape index (κ1) is 29.9. The highest BCUT2D eigenvalue weighted by Gasteiger charge is 2.35. The Morgan fingerprint density at radius 1 is 0.879 bits per heavy atom. The highest BCUT2D eigenvalue weighted by molar-refractivity contribution is 5.77. The third-order valence-electron chi connectivity index (χ3n) is 7.45. The van der Waals surface area contributed by atoms with Gasteiger partial charge >= 0.3 is 0 Å². The monoisotopic (exact) mass is 462 g/mol. The molecule has 0 saturated carbocycles. The van der Waals surface area contributed by atoms with E-state index in [0.717, 1.165) is 43.6 Å². The van der Waals surface area contributed by atoms with E-state index in [1.807, 2.05) is 6.08 Å². The van der Waals surface area contributed by atoms with Gasteiger partial charge in [0.2, 0.25) is 5.91 Å². The number of likely N-dealkylation sites (N-methyl/N-ethyl adjacent to an activating group) is 1. The van der Waals surface area contributed by atoms with Gasteiger partial charge in [0, 0.05) is 13.3 Å². The molecule has 4 nitrogen and oxygen atoms in total. The molecule has 1 unspecified atom stereocenters. The molecule has 0 aromatic carbocycles. The van der Waals surface area contributed by atoms with Gasteiger partial charge in [-0.1, -0.05) is 96.0 Å². The number of rotatable bonds is 23. The highest BCUT2D eigenvalue weighted by Crippen LogP contribution is 2.20. The van der Waals surface area contributed by atoms with Crippen molar-refractivity contribution in [3.8, 4) is 0 Å². The maximum Gasteiger partial charge on any atom is 0.217 e. The second kappa shape index (κ2) is 20.2. The Balaban J connectivity index is 1.90. The van der Waals surface area contributed by atoms with Crippen LogP contribution in [-0.4, -0.2) is 48.9 Å². The molecule has 1 heterocycles. The fraction of sp³-hybridized carbons (Fsp3) is 0.862. The van der Waals surface area contributed by atoms with Gasteiger partial charge in [-0.15, -0.1) is 6.58 Å². The van der Waals surface area contributed by atoms with Gasteiger partial charge in [0.1, 0.15) is 13.1 Å². The van der Waals surface area contributed by atoms with E-state index in [0.29, 0.717) is 0 Å². The topological polar surface area (TPSA) is 41.5 Å². The summed E-state index contributed by atoms with van der Waals surface area (Å²) in [6, 6.07) is 0. The normalized spacial score (nSPS) is 17.8. The van der Waals surface area contributed by atoms with Crippen LogP contribution in [0.1, 0.15) is 129 Å². The maximum atomic E-state index is 11.2. The van der Waals surface area contributed by atoms with E-state index in [4.69, 9.17) is 4.99 Å². The van der Waals surface area contributed by atoms with Crippen LogP contribution in [0.25, 0.3) is 0 Å². The molecule has 33 heavy (non-hydrogen) atoms. The minimum atomic E-state index is 0.0722. The maximum absolute atomic E-state index is 11.2. The van der Waals surface area contributed by atoms with Gasteiger partial charge in [-0.3, -0.25) is 9.28 Å². The van der Waals surface area contributed by atoms with Gasteiger partial charge in [-0.25, -0.2) is 4.99 Å². The third-order valence-corrected chi connectivity index (χ3v) is 7.45. The van der Waals surface area contributed by atoms with Gasteiger partial charge in [-0.2, -0.15) is 0 Å². The van der Waals surface area contributed by atoms with Crippen LogP contribution in [-0.2, 0) is 4.79 Å². The van der Waals surface area contributed by atoms with Crippen LogP contribution in [0.5, 0.6) is 0 Å². The molecule has 0 aromatic heterocycles. The molecule has 1 aliphatic rings. The second-order valence-corrected chi connectivity index (χ2v) is 10.2. The van der Waals surface area contributed by atoms with E-state index < -0.39 is 0 Å². The SMILES string of the molecule is C=CCCCCCCCCCCCCCCCCCCC1=NCC[N+]1(CC)CCNC(C)=O. The van der Waals surface area contributed by atoms with Crippen LogP contribution in [0.3, 0.4) is 0 Å². The average Bonchev–Trinajstić information content (AvgIpc) is 3.21. The number of unbranched alkanes of at least 4 members (excludes halogenated alkanes) is 16. The van der Waals surface area contributed by atoms with Crippen molar-refractivity contribution in [2.24, 2.45) is 4.99 Å². The van der Waals surface area contributed by atoms with Crippen molar-refractivity contribution < 1.29 is 9.28 Å². The lowest BCUT2D eigenvalue weighted by atomic mass is 10.0. The number of carbonyl (C=O) groups is 1. The van der Waals surface area contributed by atoms with Crippen molar-refractivity contribution in [1.29, 1.82) is 0 Å². The van der Waals surface area contributed by atoms with E-state index in [1.54, 1.807) is 6.92 Å². The van der Waals surface area contributed by atoms with Crippen molar-refractivity contribution in [2.45, 2.75) is 129 Å². The first-order chi connectivity index (χ1) is 16.1. The number of quaternary nitrogens is 1. The summed E-state index contributed by atoms with van der Waals surface area (Å²) in [4.78, 5) is 16.0. The Labute approximate surface area is 206 Å². The molecule has 1 rings (SSSR count). The van der Waals surface area contributed by atoms with E-state index in [-0.39, 0.29) is 5.91 Å². The second-order valence-electron chi connectivity index (χ2n) is 10.2. The van der Waals surface area contributed by atoms with Gasteiger partial charge in [0.05, 0.1) is 19.6 Å². The Hall–Kier alpha value is -1.16. The first-order valence-corrected chi connectivity index (χ1v) is 14.4. The Kier molecular flexibility index (Phi) is 18.3. The Bertz CT molecular complexity index is 531. The number of amidine groups is 1. The molecule has 0 fully saturated rings. The molecule has 0 bridgehead atoms. The van der Waals surface area contributed by atoms with Crippen molar-refractivity contribution in [3.63, 3.8) is 0 Å². The van der Waals surface area contributed by atoms with Crippen LogP contribution in [0.2, 0.25) is 0 Å². The summed E-state index contributed by atoms with van der Waals surface area (Å²) in [5.74, 6) is 1.46. The lowest BCUT2D eigenvalue weighted by Gasteiger charge is -2.33. The summed E-state index contributed by atoms with van der Waals surface area (Å²) >= 11 is 0. The first-order valence-electron chi connectivity index (χ1n) is 14.4. The van der Waals surface area contributed by atoms with Crippen molar-refractivity contribution >= 4 is 11.7 Å². The fourth-order valence-corrected chi connectivity index (χ4v) is 5.20. The van der Waals surface area contributed by atoms with Gasteiger partial charge in [-0.05, 0) is 26.2 Å². The van der Waals surface area contributed by atoms with Gasteiger partial charge in [0.15, 0.2) is 5.84 Å². The minimum absolute atomic E-state index is 0.0722. The molecule has 0 saturated heterocycles. The molecule has 192 valence electrons. The number of amides is 1. The lowest BCUT2D eigenvalue weighted by molar-refractivity contribution is -0.833. The van der Waals surface area contributed by atoms with E-state index in [1.165, 1.54) is 115 Å². The third kappa shape index (κ3) is 14.7. The summed E-state index contributed by atoms with van der Waals surface area (Å²) in [5, 5.41) is 2.97. The molecule has 0 aromatic rings. The molecule has 0 radical (unpaired) electrons. The zero-order valence-electron chi connectivity index (χ0n) is 22.4. The quantitative estimate of drug-likeness (QED) is 0.0949. The highest BCUT2D eigenvalue weighted by atomic mass is 16.1. The van der Waals surface area contributed by atoms with Crippen molar-refractivity contribution in [2.75, 3.05) is 32.7 Å². The number of hydrogen-bond acceptors (Lipinski definition) is 2. The molecule has 1 atom stereocenters. The molecule has 4 heteroatoms. The predicted molar refractivity (Wildman–Crippen MR) is 145 cm³/mol. The molecule has 1 amide bonds. The Morgan fingerprint density at radius 3 is 1.82 bits per heavy atom. The summed E-state index contributed by atoms with van der Waals surface area (Å²) in [5.41, 5.74) is 0. The Morgan fingerprint density at radius 2 is 1.36 bits per heavy atom. The number of allylic oxidation sites excluding steroid dienone is 1. The largest absolute Gasteiger partial charge is 0.351 e. The number of nitrogens with one attached hydrogen (secondary N) is 1. The number of hydrogen-bond donors (Lipinski definition) is 1. The van der Waals surface area contributed by atoms with Gasteiger partial charge in [0.25, 0.3) is 0 Å². The molecule has 0 aliphatic carbocycles. The minimum Gasteiger partial charge on any atom is -0.351 e. The number of carbonyl (C=O) groups excluding carboxylic acids is 1. The van der Waals surface area contributed by atoms with Crippen LogP contribution in [0.15, 0.2) is 17.6 Å². The predicted octanol–water partition coefficient (Wildman–Crippen LogP) is 7.58. The van der Waals surface area contributed by atoms with Crippen LogP contribution < -0.4 is 5.32 Å². The van der Waals surface area contributed by atoms with E-state index in [9.17, 15) is 4.79 Å². The van der Waals surface area contributed by atoms with Crippen molar-refractivity contribution in [3.05, 3.63) is 12.7 Å². The zero-order chi connectivity index (χ0) is 24.0. The number of aliphatic imine (C=N–C) groups is 1. The molecular weight excluding hydrogens is 406 g/mol. The van der Waals surface area contributed by atoms with Crippen LogP contribution >= 0.6 is 0 Å². The lowest BCUT2D eigenvalue weighted by Crippen LogP contribution is -2.54. The standard InChI is InChI=1S/C29H55N3O/c1-4-6-7-8-9-10-11-12-13-14-15-16-17-18-19-20-21-22-23-29-31-25-27-32(29,5-2)26-24-30-28(3)33/h4H,1,5-27H2,2-3H3/p+1. The summed E-state index contributed by atoms with van der Waals surface area (Å²) in [6.45, 7) is 12.6. The van der Waals surface area contributed by atoms with Crippen LogP contribution in [0.4, 0.5) is 0 Å². The zero-order valence-corrected chi connectivity index (χ0v) is 22.4. The molecule has 1 aliphatic heterocycles. The molecular formula is C29H56N3O+. The van der Waals surface area contributed by atoms with Gasteiger partial charge < -0.3 is 5.32 Å². The van der Waals surface area contributed by atoms with E-state index >= 15 is 0 Å². The fourth-order valence-electron chi connectivity index (χ4n) is 5.20. The summed E-state index contributed by atoms with van der Waals surface area (Å²) in [7, 11) is 0. The smallest absolute Gasteiger partial charge is 0.217 e. The van der Waals surface area contributed by atoms with Crippen LogP contribution in [0, 0.1) is 0 Å². The summed E-state index contributed by atoms with van der Waals surface area (Å²) < 4.78 is 0.996. The van der Waals surface area contributed by atoms with Crippen molar-refractivity contribution in [1.82, 2.24) is 5.32 Å². The molecule has 0 spiro atoms. The molecule has 1 N–H and O–H groups in total. The average molecular weight is 463 g/mol. The summed E-state index contributed by atoms with van der Waals surface area (Å²) in [6.07, 6.45) is 26.8. The van der Waals surface area contributed by atoms with E-state index in [2.05, 4.69) is 18.8 Å². The number of nitrogens with zero attached hydrogens (tertiary/aromatic N) is 2.